The van der Waals surface area contributed by atoms with Gasteiger partial charge in [0.25, 0.3) is 5.79 Å². The van der Waals surface area contributed by atoms with Gasteiger partial charge < -0.3 is 65.3 Å². The molecule has 0 aromatic heterocycles. The lowest BCUT2D eigenvalue weighted by Gasteiger charge is -2.47. The molecule has 224 valence electrons. The number of phenolic OH excluding ortho intramolecular Hbond substituents is 8. The molecule has 6 rings (SSSR count). The Kier molecular flexibility index (Phi) is 6.45. The topological polar surface area (TPSA) is 230 Å². The van der Waals surface area contributed by atoms with Crippen molar-refractivity contribution < 1.29 is 65.3 Å². The number of phenols is 8. The Morgan fingerprint density at radius 1 is 0.651 bits per heavy atom. The fourth-order valence-electron chi connectivity index (χ4n) is 5.48. The summed E-state index contributed by atoms with van der Waals surface area (Å²) >= 11 is 0. The standard InChI is InChI=1S/C30H26O13/c31-14-7-19(35)16-11-25(28(41-23(16)9-14)12-1-3-17(33)20(36)5-12)43-30(13-2-4-18(34)21(37)6-13)29(40)27(39)26-22(38)8-15(32)10-24(26)42-30/h1-10,25,27-29,31-40H,11H2/t25-,27+,28-,29+,30+/m0/s1. The van der Waals surface area contributed by atoms with Crippen molar-refractivity contribution in [3.63, 3.8) is 0 Å². The van der Waals surface area contributed by atoms with Gasteiger partial charge in [-0.1, -0.05) is 6.07 Å². The number of aliphatic hydroxyl groups is 2. The van der Waals surface area contributed by atoms with Crippen LogP contribution in [0.3, 0.4) is 0 Å². The van der Waals surface area contributed by atoms with Gasteiger partial charge >= 0.3 is 0 Å². The summed E-state index contributed by atoms with van der Waals surface area (Å²) in [6.07, 6.45) is -6.47. The summed E-state index contributed by atoms with van der Waals surface area (Å²) < 4.78 is 18.7. The van der Waals surface area contributed by atoms with Gasteiger partial charge in [-0.15, -0.1) is 0 Å². The summed E-state index contributed by atoms with van der Waals surface area (Å²) in [6.45, 7) is 0. The van der Waals surface area contributed by atoms with Gasteiger partial charge in [0, 0.05) is 41.8 Å². The number of ether oxygens (including phenoxy) is 3. The van der Waals surface area contributed by atoms with Crippen molar-refractivity contribution in [3.05, 3.63) is 82.9 Å². The molecular weight excluding hydrogens is 568 g/mol. The molecule has 5 atom stereocenters. The van der Waals surface area contributed by atoms with Crippen molar-refractivity contribution in [2.75, 3.05) is 0 Å². The van der Waals surface area contributed by atoms with Gasteiger partial charge in [0.2, 0.25) is 0 Å². The molecule has 0 aliphatic carbocycles. The van der Waals surface area contributed by atoms with Gasteiger partial charge in [0.15, 0.2) is 35.2 Å². The minimum absolute atomic E-state index is 0.0663. The van der Waals surface area contributed by atoms with E-state index in [9.17, 15) is 51.1 Å². The lowest BCUT2D eigenvalue weighted by Crippen LogP contribution is -2.55. The molecule has 13 nitrogen and oxygen atoms in total. The molecule has 0 unspecified atom stereocenters. The monoisotopic (exact) mass is 594 g/mol. The number of fused-ring (bicyclic) bond motifs is 2. The van der Waals surface area contributed by atoms with E-state index in [2.05, 4.69) is 0 Å². The SMILES string of the molecule is Oc1cc(O)c2c(c1)O[C@@H](c1ccc(O)c(O)c1)[C@@H](O[C@@]1(c3ccc(O)c(O)c3)Oc3cc(O)cc(O)c3[C@@H](O)[C@H]1O)C2. The Morgan fingerprint density at radius 2 is 1.28 bits per heavy atom. The number of hydrogen-bond donors (Lipinski definition) is 10. The van der Waals surface area contributed by atoms with Gasteiger partial charge in [-0.3, -0.25) is 0 Å². The highest BCUT2D eigenvalue weighted by atomic mass is 16.7. The van der Waals surface area contributed by atoms with Crippen molar-refractivity contribution >= 4 is 0 Å². The van der Waals surface area contributed by atoms with E-state index in [0.29, 0.717) is 0 Å². The van der Waals surface area contributed by atoms with Crippen LogP contribution in [0.4, 0.5) is 0 Å². The lowest BCUT2D eigenvalue weighted by atomic mass is 9.87. The van der Waals surface area contributed by atoms with Gasteiger partial charge in [-0.05, 0) is 35.9 Å². The zero-order chi connectivity index (χ0) is 30.8. The Balaban J connectivity index is 1.54. The Bertz CT molecular complexity index is 1740. The fraction of sp³-hybridized carbons (Fsp3) is 0.200. The highest BCUT2D eigenvalue weighted by Gasteiger charge is 2.56. The first-order valence-electron chi connectivity index (χ1n) is 12.9. The lowest BCUT2D eigenvalue weighted by molar-refractivity contribution is -0.307. The highest BCUT2D eigenvalue weighted by Crippen LogP contribution is 2.53. The summed E-state index contributed by atoms with van der Waals surface area (Å²) in [5.74, 6) is -6.38. The van der Waals surface area contributed by atoms with E-state index in [4.69, 9.17) is 14.2 Å². The van der Waals surface area contributed by atoms with E-state index in [-0.39, 0.29) is 51.7 Å². The van der Waals surface area contributed by atoms with Gasteiger partial charge in [-0.25, -0.2) is 0 Å². The zero-order valence-electron chi connectivity index (χ0n) is 22.0. The number of aromatic hydroxyl groups is 8. The predicted octanol–water partition coefficient (Wildman–Crippen LogP) is 2.73. The van der Waals surface area contributed by atoms with Crippen LogP contribution in [0.5, 0.6) is 57.5 Å². The minimum Gasteiger partial charge on any atom is -0.508 e. The second-order valence-corrected chi connectivity index (χ2v) is 10.3. The molecule has 0 fully saturated rings. The second kappa shape index (κ2) is 9.94. The fourth-order valence-corrected chi connectivity index (χ4v) is 5.48. The van der Waals surface area contributed by atoms with Crippen LogP contribution in [0.25, 0.3) is 0 Å². The van der Waals surface area contributed by atoms with Crippen LogP contribution >= 0.6 is 0 Å². The van der Waals surface area contributed by atoms with Crippen molar-refractivity contribution in [1.82, 2.24) is 0 Å². The summed E-state index contributed by atoms with van der Waals surface area (Å²) in [5, 5.41) is 104. The quantitative estimate of drug-likeness (QED) is 0.153. The number of benzene rings is 4. The Labute approximate surface area is 242 Å². The average molecular weight is 595 g/mol. The molecule has 2 heterocycles. The van der Waals surface area contributed by atoms with Crippen LogP contribution in [-0.2, 0) is 16.9 Å². The first-order valence-corrected chi connectivity index (χ1v) is 12.9. The maximum absolute atomic E-state index is 11.6. The molecule has 43 heavy (non-hydrogen) atoms. The number of rotatable bonds is 4. The third kappa shape index (κ3) is 4.55. The minimum atomic E-state index is -2.42. The summed E-state index contributed by atoms with van der Waals surface area (Å²) in [4.78, 5) is 0. The first kappa shape index (κ1) is 27.9. The third-order valence-corrected chi connectivity index (χ3v) is 7.55. The van der Waals surface area contributed by atoms with Crippen LogP contribution in [0.2, 0.25) is 0 Å². The van der Waals surface area contributed by atoms with E-state index in [1.54, 1.807) is 0 Å². The van der Waals surface area contributed by atoms with E-state index < -0.39 is 64.7 Å². The highest BCUT2D eigenvalue weighted by molar-refractivity contribution is 5.55. The molecule has 4 aromatic rings. The van der Waals surface area contributed by atoms with Gasteiger partial charge in [-0.2, -0.15) is 0 Å². The second-order valence-electron chi connectivity index (χ2n) is 10.3. The van der Waals surface area contributed by atoms with Crippen LogP contribution in [0, 0.1) is 0 Å². The molecule has 0 bridgehead atoms. The van der Waals surface area contributed by atoms with Crippen LogP contribution in [-0.4, -0.2) is 63.3 Å². The van der Waals surface area contributed by atoms with Crippen LogP contribution < -0.4 is 9.47 Å². The summed E-state index contributed by atoms with van der Waals surface area (Å²) in [7, 11) is 0. The average Bonchev–Trinajstić information content (AvgIpc) is 2.94. The molecule has 10 N–H and O–H groups in total. The molecule has 2 aliphatic rings. The molecule has 13 heteroatoms. The first-order chi connectivity index (χ1) is 20.4. The summed E-state index contributed by atoms with van der Waals surface area (Å²) in [5.41, 5.74) is 0.0630. The molecule has 4 aromatic carbocycles. The van der Waals surface area contributed by atoms with Crippen LogP contribution in [0.1, 0.15) is 34.5 Å². The molecule has 0 amide bonds. The van der Waals surface area contributed by atoms with Crippen molar-refractivity contribution in [3.8, 4) is 57.5 Å². The van der Waals surface area contributed by atoms with Crippen molar-refractivity contribution in [2.24, 2.45) is 0 Å². The molecule has 0 saturated heterocycles. The van der Waals surface area contributed by atoms with E-state index in [0.717, 1.165) is 30.3 Å². The Morgan fingerprint density at radius 3 is 1.95 bits per heavy atom. The largest absolute Gasteiger partial charge is 0.508 e. The molecule has 2 aliphatic heterocycles. The maximum atomic E-state index is 11.6. The maximum Gasteiger partial charge on any atom is 0.267 e. The molecule has 0 spiro atoms. The normalized spacial score (nSPS) is 24.3. The van der Waals surface area contributed by atoms with E-state index in [1.165, 1.54) is 30.3 Å². The molecule has 0 saturated carbocycles. The van der Waals surface area contributed by atoms with Gasteiger partial charge in [0.1, 0.15) is 46.7 Å². The molecule has 0 radical (unpaired) electrons. The van der Waals surface area contributed by atoms with Crippen molar-refractivity contribution in [2.45, 2.75) is 36.6 Å². The van der Waals surface area contributed by atoms with Crippen LogP contribution in [0.15, 0.2) is 60.7 Å². The van der Waals surface area contributed by atoms with Gasteiger partial charge in [0.05, 0.1) is 5.56 Å². The summed E-state index contributed by atoms with van der Waals surface area (Å²) in [6, 6.07) is 11.5. The number of aliphatic hydroxyl groups excluding tert-OH is 2. The number of hydrogen-bond acceptors (Lipinski definition) is 13. The Hall–Kier alpha value is -5.24. The molecular formula is C30H26O13. The zero-order valence-corrected chi connectivity index (χ0v) is 22.0. The smallest absolute Gasteiger partial charge is 0.267 e. The third-order valence-electron chi connectivity index (χ3n) is 7.55. The van der Waals surface area contributed by atoms with Crippen molar-refractivity contribution in [1.29, 1.82) is 0 Å². The van der Waals surface area contributed by atoms with E-state index >= 15 is 0 Å². The predicted molar refractivity (Wildman–Crippen MR) is 144 cm³/mol. The van der Waals surface area contributed by atoms with E-state index in [1.807, 2.05) is 0 Å².